The fourth-order valence-electron chi connectivity index (χ4n) is 1.44. The lowest BCUT2D eigenvalue weighted by molar-refractivity contribution is 0.296. The van der Waals surface area contributed by atoms with Crippen molar-refractivity contribution in [2.45, 2.75) is 19.8 Å². The maximum Gasteiger partial charge on any atom is 0.142 e. The fourth-order valence-corrected chi connectivity index (χ4v) is 1.44. The Morgan fingerprint density at radius 3 is 2.53 bits per heavy atom. The molecule has 3 nitrogen and oxygen atoms in total. The Labute approximate surface area is 91.3 Å². The van der Waals surface area contributed by atoms with Gasteiger partial charge in [-0.3, -0.25) is 0 Å². The van der Waals surface area contributed by atoms with E-state index in [2.05, 4.69) is 26.0 Å². The molecular formula is C12H19NO2. The summed E-state index contributed by atoms with van der Waals surface area (Å²) in [6.07, 6.45) is 0. The van der Waals surface area contributed by atoms with E-state index in [0.717, 1.165) is 11.4 Å². The summed E-state index contributed by atoms with van der Waals surface area (Å²) in [5, 5.41) is 9.11. The Hall–Kier alpha value is -1.22. The molecule has 15 heavy (non-hydrogen) atoms. The van der Waals surface area contributed by atoms with Crippen molar-refractivity contribution in [2.75, 3.05) is 25.8 Å². The molecule has 1 aromatic carbocycles. The third-order valence-electron chi connectivity index (χ3n) is 2.49. The molecule has 3 heteroatoms. The van der Waals surface area contributed by atoms with Gasteiger partial charge in [0.25, 0.3) is 0 Å². The zero-order chi connectivity index (χ0) is 11.4. The first kappa shape index (κ1) is 11.9. The smallest absolute Gasteiger partial charge is 0.142 e. The number of hydrogen-bond donors (Lipinski definition) is 1. The van der Waals surface area contributed by atoms with Gasteiger partial charge in [0.05, 0.1) is 12.8 Å². The van der Waals surface area contributed by atoms with Crippen LogP contribution in [-0.4, -0.2) is 26.0 Å². The number of aliphatic hydroxyl groups is 1. The van der Waals surface area contributed by atoms with Crippen LogP contribution in [0, 0.1) is 0 Å². The summed E-state index contributed by atoms with van der Waals surface area (Å²) in [7, 11) is 3.47. The molecule has 1 rings (SSSR count). The number of rotatable bonds is 4. The van der Waals surface area contributed by atoms with E-state index in [1.165, 1.54) is 5.56 Å². The Bertz CT molecular complexity index is 323. The van der Waals surface area contributed by atoms with Crippen LogP contribution in [0.4, 0.5) is 5.69 Å². The molecule has 0 aliphatic heterocycles. The summed E-state index contributed by atoms with van der Waals surface area (Å²) < 4.78 is 5.25. The summed E-state index contributed by atoms with van der Waals surface area (Å²) >= 11 is 0. The molecule has 0 radical (unpaired) electrons. The van der Waals surface area contributed by atoms with Crippen molar-refractivity contribution >= 4 is 5.69 Å². The highest BCUT2D eigenvalue weighted by Crippen LogP contribution is 2.30. The van der Waals surface area contributed by atoms with Crippen molar-refractivity contribution in [2.24, 2.45) is 0 Å². The third-order valence-corrected chi connectivity index (χ3v) is 2.49. The van der Waals surface area contributed by atoms with Gasteiger partial charge >= 0.3 is 0 Å². The zero-order valence-corrected chi connectivity index (χ0v) is 9.82. The number of benzene rings is 1. The molecule has 0 heterocycles. The van der Waals surface area contributed by atoms with E-state index in [-0.39, 0.29) is 6.73 Å². The van der Waals surface area contributed by atoms with Crippen LogP contribution in [0.1, 0.15) is 25.3 Å². The molecular weight excluding hydrogens is 190 g/mol. The second-order valence-electron chi connectivity index (χ2n) is 3.93. The van der Waals surface area contributed by atoms with Crippen molar-refractivity contribution in [1.82, 2.24) is 0 Å². The van der Waals surface area contributed by atoms with Crippen LogP contribution in [-0.2, 0) is 0 Å². The number of ether oxygens (including phenoxy) is 1. The lowest BCUT2D eigenvalue weighted by Gasteiger charge is -2.20. The fraction of sp³-hybridized carbons (Fsp3) is 0.500. The van der Waals surface area contributed by atoms with E-state index >= 15 is 0 Å². The lowest BCUT2D eigenvalue weighted by Crippen LogP contribution is -2.18. The highest BCUT2D eigenvalue weighted by Gasteiger charge is 2.09. The summed E-state index contributed by atoms with van der Waals surface area (Å²) in [6, 6.07) is 6.05. The number of nitrogens with zero attached hydrogens (tertiary/aromatic N) is 1. The maximum absolute atomic E-state index is 9.11. The average Bonchev–Trinajstić information content (AvgIpc) is 2.27. The van der Waals surface area contributed by atoms with Gasteiger partial charge < -0.3 is 14.7 Å². The predicted octanol–water partition coefficient (Wildman–Crippen LogP) is 2.20. The predicted molar refractivity (Wildman–Crippen MR) is 62.6 cm³/mol. The number of methoxy groups -OCH3 is 1. The van der Waals surface area contributed by atoms with Crippen LogP contribution >= 0.6 is 0 Å². The van der Waals surface area contributed by atoms with Gasteiger partial charge in [0.2, 0.25) is 0 Å². The van der Waals surface area contributed by atoms with Gasteiger partial charge in [-0.05, 0) is 23.6 Å². The number of anilines is 1. The largest absolute Gasteiger partial charge is 0.495 e. The standard InChI is InChI=1S/C12H19NO2/c1-9(2)10-5-6-12(15-4)11(7-10)13(3)8-14/h5-7,9,14H,8H2,1-4H3. The van der Waals surface area contributed by atoms with E-state index in [1.54, 1.807) is 12.0 Å². The Balaban J connectivity index is 3.13. The first-order valence-corrected chi connectivity index (χ1v) is 5.10. The molecule has 0 unspecified atom stereocenters. The van der Waals surface area contributed by atoms with Crippen molar-refractivity contribution < 1.29 is 9.84 Å². The van der Waals surface area contributed by atoms with Gasteiger partial charge in [-0.1, -0.05) is 19.9 Å². The van der Waals surface area contributed by atoms with Crippen LogP contribution in [0.25, 0.3) is 0 Å². The van der Waals surface area contributed by atoms with Gasteiger partial charge in [0, 0.05) is 7.05 Å². The molecule has 0 saturated heterocycles. The van der Waals surface area contributed by atoms with Crippen molar-refractivity contribution in [3.8, 4) is 5.75 Å². The van der Waals surface area contributed by atoms with Gasteiger partial charge in [-0.25, -0.2) is 0 Å². The monoisotopic (exact) mass is 209 g/mol. The second kappa shape index (κ2) is 5.03. The minimum Gasteiger partial charge on any atom is -0.495 e. The molecule has 0 aliphatic rings. The quantitative estimate of drug-likeness (QED) is 0.772. The van der Waals surface area contributed by atoms with Crippen molar-refractivity contribution in [3.63, 3.8) is 0 Å². The van der Waals surface area contributed by atoms with E-state index in [4.69, 9.17) is 9.84 Å². The maximum atomic E-state index is 9.11. The molecule has 0 atom stereocenters. The number of hydrogen-bond acceptors (Lipinski definition) is 3. The Morgan fingerprint density at radius 1 is 1.40 bits per heavy atom. The first-order chi connectivity index (χ1) is 7.10. The van der Waals surface area contributed by atoms with E-state index in [0.29, 0.717) is 5.92 Å². The van der Waals surface area contributed by atoms with Crippen LogP contribution in [0.5, 0.6) is 5.75 Å². The van der Waals surface area contributed by atoms with E-state index in [1.807, 2.05) is 13.1 Å². The minimum absolute atomic E-state index is 0.0160. The van der Waals surface area contributed by atoms with Gasteiger partial charge in [-0.15, -0.1) is 0 Å². The number of aliphatic hydroxyl groups excluding tert-OH is 1. The summed E-state index contributed by atoms with van der Waals surface area (Å²) in [5.74, 6) is 1.26. The van der Waals surface area contributed by atoms with Crippen molar-refractivity contribution in [1.29, 1.82) is 0 Å². The van der Waals surface area contributed by atoms with E-state index in [9.17, 15) is 0 Å². The van der Waals surface area contributed by atoms with E-state index < -0.39 is 0 Å². The SMILES string of the molecule is COc1ccc(C(C)C)cc1N(C)CO. The zero-order valence-electron chi connectivity index (χ0n) is 9.82. The molecule has 0 spiro atoms. The molecule has 0 saturated carbocycles. The molecule has 0 bridgehead atoms. The normalized spacial score (nSPS) is 10.5. The summed E-state index contributed by atoms with van der Waals surface area (Å²) in [4.78, 5) is 1.75. The second-order valence-corrected chi connectivity index (χ2v) is 3.93. The average molecular weight is 209 g/mol. The van der Waals surface area contributed by atoms with Crippen LogP contribution in [0.2, 0.25) is 0 Å². The molecule has 0 amide bonds. The lowest BCUT2D eigenvalue weighted by atomic mass is 10.0. The molecule has 1 aromatic rings. The molecule has 0 fully saturated rings. The summed E-state index contributed by atoms with van der Waals surface area (Å²) in [5.41, 5.74) is 2.16. The van der Waals surface area contributed by atoms with Gasteiger partial charge in [0.15, 0.2) is 0 Å². The van der Waals surface area contributed by atoms with Crippen LogP contribution < -0.4 is 9.64 Å². The summed E-state index contributed by atoms with van der Waals surface area (Å²) in [6.45, 7) is 4.27. The third kappa shape index (κ3) is 2.63. The Kier molecular flexibility index (Phi) is 3.97. The van der Waals surface area contributed by atoms with Crippen LogP contribution in [0.15, 0.2) is 18.2 Å². The van der Waals surface area contributed by atoms with Gasteiger partial charge in [0.1, 0.15) is 12.5 Å². The molecule has 0 aliphatic carbocycles. The molecule has 84 valence electrons. The highest BCUT2D eigenvalue weighted by atomic mass is 16.5. The topological polar surface area (TPSA) is 32.7 Å². The molecule has 1 N–H and O–H groups in total. The van der Waals surface area contributed by atoms with Gasteiger partial charge in [-0.2, -0.15) is 0 Å². The van der Waals surface area contributed by atoms with Crippen LogP contribution in [0.3, 0.4) is 0 Å². The highest BCUT2D eigenvalue weighted by molar-refractivity contribution is 5.59. The minimum atomic E-state index is -0.0160. The Morgan fingerprint density at radius 2 is 2.07 bits per heavy atom. The molecule has 0 aromatic heterocycles. The first-order valence-electron chi connectivity index (χ1n) is 5.10. The van der Waals surface area contributed by atoms with Crippen molar-refractivity contribution in [3.05, 3.63) is 23.8 Å².